The Bertz CT molecular complexity index is 603. The number of hydrogen-bond donors (Lipinski definition) is 4. The van der Waals surface area contributed by atoms with Crippen LogP contribution < -0.4 is 5.73 Å². The van der Waals surface area contributed by atoms with Crippen molar-refractivity contribution in [2.75, 3.05) is 12.3 Å². The summed E-state index contributed by atoms with van der Waals surface area (Å²) in [5.41, 5.74) is 4.80. The van der Waals surface area contributed by atoms with E-state index in [2.05, 4.69) is 4.99 Å². The van der Waals surface area contributed by atoms with Gasteiger partial charge in [0.25, 0.3) is 0 Å². The minimum atomic E-state index is -1.36. The molecular formula is C13H17N3O6S. The normalized spacial score (nSPS) is 28.0. The number of nitrogens with zero attached hydrogens (tertiary/aromatic N) is 2. The summed E-state index contributed by atoms with van der Waals surface area (Å²) in [5, 5.41) is 28.6. The first-order valence-electron chi connectivity index (χ1n) is 6.87. The van der Waals surface area contributed by atoms with Crippen LogP contribution in [-0.2, 0) is 14.4 Å². The lowest BCUT2D eigenvalue weighted by Crippen LogP contribution is -2.64. The van der Waals surface area contributed by atoms with Gasteiger partial charge in [-0.15, -0.1) is 11.8 Å². The van der Waals surface area contributed by atoms with Crippen molar-refractivity contribution in [1.82, 2.24) is 4.90 Å². The summed E-state index contributed by atoms with van der Waals surface area (Å²) in [6.45, 7) is 1.68. The molecular weight excluding hydrogens is 326 g/mol. The Hall–Kier alpha value is -2.07. The largest absolute Gasteiger partial charge is 0.481 e. The molecule has 5 N–H and O–H groups in total. The molecule has 0 aliphatic carbocycles. The van der Waals surface area contributed by atoms with Gasteiger partial charge in [-0.3, -0.25) is 19.5 Å². The maximum atomic E-state index is 12.1. The van der Waals surface area contributed by atoms with Crippen LogP contribution in [0.25, 0.3) is 0 Å². The monoisotopic (exact) mass is 343 g/mol. The summed E-state index contributed by atoms with van der Waals surface area (Å²) < 4.78 is 0. The molecule has 0 aromatic heterocycles. The average Bonchev–Trinajstić information content (AvgIpc) is 2.74. The van der Waals surface area contributed by atoms with Gasteiger partial charge >= 0.3 is 11.9 Å². The topological polar surface area (TPSA) is 154 Å². The Morgan fingerprint density at radius 2 is 2.13 bits per heavy atom. The second-order valence-corrected chi connectivity index (χ2v) is 6.34. The van der Waals surface area contributed by atoms with Crippen LogP contribution in [0, 0.1) is 11.8 Å². The minimum Gasteiger partial charge on any atom is -0.481 e. The molecule has 0 aromatic rings. The number of carbonyl (C=O) groups is 3. The molecule has 10 heteroatoms. The molecule has 0 radical (unpaired) electrons. The number of aliphatic hydroxyl groups is 1. The summed E-state index contributed by atoms with van der Waals surface area (Å²) in [6.07, 6.45) is 0.0585. The molecule has 0 spiro atoms. The second kappa shape index (κ2) is 6.59. The number of aliphatic hydroxyl groups excluding tert-OH is 1. The van der Waals surface area contributed by atoms with Crippen LogP contribution in [0.15, 0.2) is 15.6 Å². The third kappa shape index (κ3) is 2.79. The quantitative estimate of drug-likeness (QED) is 0.197. The summed E-state index contributed by atoms with van der Waals surface area (Å²) in [7, 11) is 0. The van der Waals surface area contributed by atoms with E-state index in [1.165, 1.54) is 6.92 Å². The molecule has 4 unspecified atom stereocenters. The van der Waals surface area contributed by atoms with Gasteiger partial charge in [0, 0.05) is 10.7 Å². The summed E-state index contributed by atoms with van der Waals surface area (Å²) >= 11 is 1.03. The van der Waals surface area contributed by atoms with Crippen LogP contribution in [0.5, 0.6) is 0 Å². The lowest BCUT2D eigenvalue weighted by atomic mass is 9.78. The predicted molar refractivity (Wildman–Crippen MR) is 81.6 cm³/mol. The van der Waals surface area contributed by atoms with Crippen LogP contribution in [0.1, 0.15) is 6.92 Å². The van der Waals surface area contributed by atoms with Crippen molar-refractivity contribution in [3.05, 3.63) is 10.6 Å². The molecule has 2 aliphatic rings. The fraction of sp³-hybridized carbons (Fsp3) is 0.538. The minimum absolute atomic E-state index is 0.110. The standard InChI is InChI=1S/C13H17N3O6S/c1-5(17)6-8-7(12(19)20)10(23-3-2-15-4-14)9(13(21)22)16(8)11(6)18/h4-8,17H,2-3H2,1H3,(H2,14,15)(H,19,20)(H,21,22). The van der Waals surface area contributed by atoms with Crippen molar-refractivity contribution in [3.63, 3.8) is 0 Å². The Morgan fingerprint density at radius 3 is 2.61 bits per heavy atom. The van der Waals surface area contributed by atoms with Gasteiger partial charge in [-0.1, -0.05) is 0 Å². The maximum Gasteiger partial charge on any atom is 0.353 e. The fourth-order valence-electron chi connectivity index (χ4n) is 2.97. The Labute approximate surface area is 135 Å². The van der Waals surface area contributed by atoms with E-state index in [-0.39, 0.29) is 10.6 Å². The maximum absolute atomic E-state index is 12.1. The number of carboxylic acids is 2. The number of aliphatic carboxylic acids is 2. The molecule has 0 saturated carbocycles. The third-order valence-corrected chi connectivity index (χ3v) is 5.00. The number of fused-ring (bicyclic) bond motifs is 1. The van der Waals surface area contributed by atoms with Gasteiger partial charge in [0.1, 0.15) is 11.6 Å². The number of nitrogens with two attached hydrogens (primary N) is 1. The first-order chi connectivity index (χ1) is 10.8. The Morgan fingerprint density at radius 1 is 1.48 bits per heavy atom. The summed E-state index contributed by atoms with van der Waals surface area (Å²) in [4.78, 5) is 40.1. The van der Waals surface area contributed by atoms with Crippen molar-refractivity contribution >= 4 is 35.9 Å². The highest BCUT2D eigenvalue weighted by Crippen LogP contribution is 2.50. The molecule has 9 nitrogen and oxygen atoms in total. The zero-order valence-corrected chi connectivity index (χ0v) is 13.1. The highest BCUT2D eigenvalue weighted by atomic mass is 32.2. The average molecular weight is 343 g/mol. The zero-order valence-electron chi connectivity index (χ0n) is 12.2. The lowest BCUT2D eigenvalue weighted by molar-refractivity contribution is -0.166. The fourth-order valence-corrected chi connectivity index (χ4v) is 4.13. The van der Waals surface area contributed by atoms with E-state index in [9.17, 15) is 29.7 Å². The number of rotatable bonds is 7. The first-order valence-corrected chi connectivity index (χ1v) is 7.85. The lowest BCUT2D eigenvalue weighted by Gasteiger charge is -2.45. The van der Waals surface area contributed by atoms with E-state index < -0.39 is 41.8 Å². The van der Waals surface area contributed by atoms with Crippen LogP contribution in [0.3, 0.4) is 0 Å². The van der Waals surface area contributed by atoms with E-state index in [4.69, 9.17) is 5.73 Å². The van der Waals surface area contributed by atoms with Crippen molar-refractivity contribution < 1.29 is 29.7 Å². The molecule has 126 valence electrons. The molecule has 4 atom stereocenters. The van der Waals surface area contributed by atoms with Crippen molar-refractivity contribution in [1.29, 1.82) is 0 Å². The predicted octanol–water partition coefficient (Wildman–Crippen LogP) is -1.07. The van der Waals surface area contributed by atoms with E-state index >= 15 is 0 Å². The van der Waals surface area contributed by atoms with Gasteiger partial charge in [0.05, 0.1) is 30.9 Å². The number of amides is 1. The molecule has 0 aromatic carbocycles. The number of β-lactam (4-membered cyclic amide) rings is 1. The van der Waals surface area contributed by atoms with E-state index in [0.29, 0.717) is 12.3 Å². The number of carbonyl (C=O) groups excluding carboxylic acids is 1. The van der Waals surface area contributed by atoms with Gasteiger partial charge in [-0.25, -0.2) is 4.79 Å². The molecule has 1 amide bonds. The SMILES string of the molecule is CC(O)C1C(=O)N2C(C(=O)O)=C(SCCN=CN)C(C(=O)O)C12. The highest BCUT2D eigenvalue weighted by Gasteiger charge is 2.63. The molecule has 1 fully saturated rings. The highest BCUT2D eigenvalue weighted by molar-refractivity contribution is 8.03. The number of hydrogen-bond acceptors (Lipinski definition) is 6. The Kier molecular flexibility index (Phi) is 4.95. The molecule has 2 rings (SSSR count). The van der Waals surface area contributed by atoms with Gasteiger partial charge in [-0.2, -0.15) is 0 Å². The summed E-state index contributed by atoms with van der Waals surface area (Å²) in [6, 6.07) is -0.869. The molecule has 23 heavy (non-hydrogen) atoms. The molecule has 0 bridgehead atoms. The number of carboxylic acid groups (broad SMARTS) is 2. The van der Waals surface area contributed by atoms with E-state index in [0.717, 1.165) is 23.0 Å². The zero-order chi connectivity index (χ0) is 17.3. The number of thioether (sulfide) groups is 1. The van der Waals surface area contributed by atoms with Gasteiger partial charge in [0.2, 0.25) is 5.91 Å². The van der Waals surface area contributed by atoms with Crippen LogP contribution in [0.2, 0.25) is 0 Å². The van der Waals surface area contributed by atoms with Crippen molar-refractivity contribution in [2.45, 2.75) is 19.1 Å². The first kappa shape index (κ1) is 17.3. The van der Waals surface area contributed by atoms with Crippen LogP contribution >= 0.6 is 11.8 Å². The number of aliphatic imine (C=N–C) groups is 1. The smallest absolute Gasteiger partial charge is 0.353 e. The Balaban J connectivity index is 2.36. The molecule has 2 heterocycles. The van der Waals surface area contributed by atoms with Gasteiger partial charge < -0.3 is 21.1 Å². The van der Waals surface area contributed by atoms with Gasteiger partial charge in [0.15, 0.2) is 0 Å². The van der Waals surface area contributed by atoms with Crippen molar-refractivity contribution in [2.24, 2.45) is 22.6 Å². The molecule has 1 saturated heterocycles. The van der Waals surface area contributed by atoms with Crippen molar-refractivity contribution in [3.8, 4) is 0 Å². The third-order valence-electron chi connectivity index (χ3n) is 3.86. The van der Waals surface area contributed by atoms with Crippen LogP contribution in [-0.4, -0.2) is 68.8 Å². The van der Waals surface area contributed by atoms with E-state index in [1.54, 1.807) is 0 Å². The van der Waals surface area contributed by atoms with E-state index in [1.807, 2.05) is 0 Å². The second-order valence-electron chi connectivity index (χ2n) is 5.20. The van der Waals surface area contributed by atoms with Gasteiger partial charge in [-0.05, 0) is 6.92 Å². The van der Waals surface area contributed by atoms with Crippen LogP contribution in [0.4, 0.5) is 0 Å². The summed E-state index contributed by atoms with van der Waals surface area (Å²) in [5.74, 6) is -4.89. The molecule has 2 aliphatic heterocycles.